The van der Waals surface area contributed by atoms with Gasteiger partial charge in [0.15, 0.2) is 5.82 Å². The Morgan fingerprint density at radius 3 is 3.14 bits per heavy atom. The smallest absolute Gasteiger partial charge is 0.152 e. The van der Waals surface area contributed by atoms with Gasteiger partial charge in [0.25, 0.3) is 0 Å². The van der Waals surface area contributed by atoms with Gasteiger partial charge in [-0.25, -0.2) is 4.98 Å². The molecule has 14 heavy (non-hydrogen) atoms. The number of hydrogen-bond acceptors (Lipinski definition) is 3. The van der Waals surface area contributed by atoms with Crippen molar-refractivity contribution in [2.75, 3.05) is 23.3 Å². The van der Waals surface area contributed by atoms with E-state index in [0.29, 0.717) is 0 Å². The van der Waals surface area contributed by atoms with E-state index >= 15 is 0 Å². The summed E-state index contributed by atoms with van der Waals surface area (Å²) in [6.45, 7) is 4.24. The van der Waals surface area contributed by atoms with Crippen LogP contribution in [-0.4, -0.2) is 24.1 Å². The predicted molar refractivity (Wildman–Crippen MR) is 57.8 cm³/mol. The minimum atomic E-state index is 0.769. The lowest BCUT2D eigenvalue weighted by Gasteiger charge is -2.31. The molecule has 0 saturated heterocycles. The van der Waals surface area contributed by atoms with Crippen molar-refractivity contribution in [3.63, 3.8) is 0 Å². The second-order valence-electron chi connectivity index (χ2n) is 4.24. The molecule has 1 saturated carbocycles. The largest absolute Gasteiger partial charge is 0.380 e. The Kier molecular flexibility index (Phi) is 1.66. The van der Waals surface area contributed by atoms with Gasteiger partial charge in [0.2, 0.25) is 0 Å². The Morgan fingerprint density at radius 1 is 1.50 bits per heavy atom. The fraction of sp³-hybridized carbons (Fsp3) is 0.545. The summed E-state index contributed by atoms with van der Waals surface area (Å²) in [5.41, 5.74) is 2.44. The lowest BCUT2D eigenvalue weighted by atomic mass is 10.2. The lowest BCUT2D eigenvalue weighted by Crippen LogP contribution is -2.36. The standard InChI is InChI=1S/C11H15N3/c1-8-6-10-11(13-7-8)14(5-4-12-10)9-2-3-9/h6-7,9,12H,2-5H2,1H3. The van der Waals surface area contributed by atoms with Gasteiger partial charge in [0, 0.05) is 25.3 Å². The number of nitrogens with one attached hydrogen (secondary N) is 1. The molecule has 3 heteroatoms. The molecular formula is C11H15N3. The topological polar surface area (TPSA) is 28.2 Å². The zero-order valence-corrected chi connectivity index (χ0v) is 8.45. The highest BCUT2D eigenvalue weighted by Crippen LogP contribution is 2.36. The number of fused-ring (bicyclic) bond motifs is 1. The van der Waals surface area contributed by atoms with Gasteiger partial charge in [0.1, 0.15) is 0 Å². The summed E-state index contributed by atoms with van der Waals surface area (Å²) in [5.74, 6) is 1.16. The van der Waals surface area contributed by atoms with E-state index in [1.807, 2.05) is 6.20 Å². The van der Waals surface area contributed by atoms with Crippen LogP contribution in [0.3, 0.4) is 0 Å². The molecule has 1 aromatic rings. The van der Waals surface area contributed by atoms with Gasteiger partial charge in [-0.15, -0.1) is 0 Å². The first-order chi connectivity index (χ1) is 6.84. The van der Waals surface area contributed by atoms with Crippen molar-refractivity contribution in [2.45, 2.75) is 25.8 Å². The number of aromatic nitrogens is 1. The highest BCUT2D eigenvalue weighted by molar-refractivity contribution is 5.69. The minimum Gasteiger partial charge on any atom is -0.380 e. The van der Waals surface area contributed by atoms with Crippen LogP contribution in [0.4, 0.5) is 11.5 Å². The zero-order chi connectivity index (χ0) is 9.54. The van der Waals surface area contributed by atoms with Crippen molar-refractivity contribution >= 4 is 11.5 Å². The molecule has 0 unspecified atom stereocenters. The quantitative estimate of drug-likeness (QED) is 0.730. The molecule has 1 aliphatic heterocycles. The minimum absolute atomic E-state index is 0.769. The van der Waals surface area contributed by atoms with Crippen molar-refractivity contribution < 1.29 is 0 Å². The van der Waals surface area contributed by atoms with Crippen molar-refractivity contribution in [3.8, 4) is 0 Å². The van der Waals surface area contributed by atoms with E-state index in [1.54, 1.807) is 0 Å². The first-order valence-corrected chi connectivity index (χ1v) is 5.32. The third kappa shape index (κ3) is 1.24. The van der Waals surface area contributed by atoms with Gasteiger partial charge < -0.3 is 10.2 Å². The van der Waals surface area contributed by atoms with Crippen LogP contribution in [-0.2, 0) is 0 Å². The van der Waals surface area contributed by atoms with E-state index in [4.69, 9.17) is 0 Å². The molecule has 0 radical (unpaired) electrons. The van der Waals surface area contributed by atoms with E-state index in [1.165, 1.54) is 24.1 Å². The van der Waals surface area contributed by atoms with E-state index in [-0.39, 0.29) is 0 Å². The number of nitrogens with zero attached hydrogens (tertiary/aromatic N) is 2. The molecular weight excluding hydrogens is 174 g/mol. The van der Waals surface area contributed by atoms with E-state index in [9.17, 15) is 0 Å². The second kappa shape index (κ2) is 2.87. The maximum absolute atomic E-state index is 4.52. The summed E-state index contributed by atoms with van der Waals surface area (Å²) < 4.78 is 0. The molecule has 3 rings (SSSR count). The summed E-state index contributed by atoms with van der Waals surface area (Å²) in [4.78, 5) is 6.97. The molecule has 2 heterocycles. The average Bonchev–Trinajstić information content (AvgIpc) is 2.99. The van der Waals surface area contributed by atoms with Crippen LogP contribution in [0.1, 0.15) is 18.4 Å². The molecule has 74 valence electrons. The summed E-state index contributed by atoms with van der Waals surface area (Å²) in [5, 5.41) is 3.41. The van der Waals surface area contributed by atoms with Crippen LogP contribution in [0.5, 0.6) is 0 Å². The molecule has 1 fully saturated rings. The Bertz CT molecular complexity index is 358. The van der Waals surface area contributed by atoms with Crippen molar-refractivity contribution in [2.24, 2.45) is 0 Å². The monoisotopic (exact) mass is 189 g/mol. The number of rotatable bonds is 1. The molecule has 0 amide bonds. The predicted octanol–water partition coefficient (Wildman–Crippen LogP) is 1.78. The summed E-state index contributed by atoms with van der Waals surface area (Å²) in [6, 6.07) is 2.96. The molecule has 0 atom stereocenters. The van der Waals surface area contributed by atoms with E-state index in [0.717, 1.165) is 24.9 Å². The Balaban J connectivity index is 2.01. The maximum Gasteiger partial charge on any atom is 0.152 e. The SMILES string of the molecule is Cc1cnc2c(c1)NCCN2C1CC1. The maximum atomic E-state index is 4.52. The first kappa shape index (κ1) is 8.09. The highest BCUT2D eigenvalue weighted by atomic mass is 15.3. The fourth-order valence-electron chi connectivity index (χ4n) is 2.08. The van der Waals surface area contributed by atoms with Crippen molar-refractivity contribution in [1.29, 1.82) is 0 Å². The molecule has 3 nitrogen and oxygen atoms in total. The van der Waals surface area contributed by atoms with Crippen LogP contribution in [0.15, 0.2) is 12.3 Å². The fourth-order valence-corrected chi connectivity index (χ4v) is 2.08. The van der Waals surface area contributed by atoms with Crippen molar-refractivity contribution in [1.82, 2.24) is 4.98 Å². The van der Waals surface area contributed by atoms with Gasteiger partial charge in [-0.1, -0.05) is 0 Å². The third-order valence-electron chi connectivity index (χ3n) is 2.93. The molecule has 1 N–H and O–H groups in total. The zero-order valence-electron chi connectivity index (χ0n) is 8.45. The van der Waals surface area contributed by atoms with E-state index < -0.39 is 0 Å². The van der Waals surface area contributed by atoms with Gasteiger partial charge in [0.05, 0.1) is 5.69 Å². The molecule has 2 aliphatic rings. The highest BCUT2D eigenvalue weighted by Gasteiger charge is 2.32. The van der Waals surface area contributed by atoms with Crippen LogP contribution < -0.4 is 10.2 Å². The van der Waals surface area contributed by atoms with Gasteiger partial charge in [-0.05, 0) is 31.4 Å². The number of pyridine rings is 1. The summed E-state index contributed by atoms with van der Waals surface area (Å²) >= 11 is 0. The Labute approximate surface area is 84.1 Å². The van der Waals surface area contributed by atoms with E-state index in [2.05, 4.69) is 28.2 Å². The lowest BCUT2D eigenvalue weighted by molar-refractivity contribution is 0.765. The molecule has 1 aliphatic carbocycles. The first-order valence-electron chi connectivity index (χ1n) is 5.32. The number of hydrogen-bond donors (Lipinski definition) is 1. The van der Waals surface area contributed by atoms with Crippen LogP contribution in [0.2, 0.25) is 0 Å². The molecule has 1 aromatic heterocycles. The number of anilines is 2. The Morgan fingerprint density at radius 2 is 2.36 bits per heavy atom. The van der Waals surface area contributed by atoms with Crippen molar-refractivity contribution in [3.05, 3.63) is 17.8 Å². The molecule has 0 aromatic carbocycles. The number of aryl methyl sites for hydroxylation is 1. The molecule has 0 bridgehead atoms. The van der Waals surface area contributed by atoms with Gasteiger partial charge in [-0.2, -0.15) is 0 Å². The Hall–Kier alpha value is -1.25. The average molecular weight is 189 g/mol. The summed E-state index contributed by atoms with van der Waals surface area (Å²) in [7, 11) is 0. The molecule has 0 spiro atoms. The van der Waals surface area contributed by atoms with Crippen LogP contribution in [0.25, 0.3) is 0 Å². The van der Waals surface area contributed by atoms with Crippen LogP contribution >= 0.6 is 0 Å². The second-order valence-corrected chi connectivity index (χ2v) is 4.24. The normalized spacial score (nSPS) is 20.2. The van der Waals surface area contributed by atoms with Gasteiger partial charge in [-0.3, -0.25) is 0 Å². The van der Waals surface area contributed by atoms with Crippen LogP contribution in [0, 0.1) is 6.92 Å². The van der Waals surface area contributed by atoms with Gasteiger partial charge >= 0.3 is 0 Å². The summed E-state index contributed by atoms with van der Waals surface area (Å²) in [6.07, 6.45) is 4.64. The third-order valence-corrected chi connectivity index (χ3v) is 2.93.